The number of aliphatic hydroxyl groups is 2. The second-order valence-corrected chi connectivity index (χ2v) is 3.09. The van der Waals surface area contributed by atoms with Crippen molar-refractivity contribution in [3.05, 3.63) is 0 Å². The van der Waals surface area contributed by atoms with Gasteiger partial charge in [-0.2, -0.15) is 0 Å². The van der Waals surface area contributed by atoms with Crippen LogP contribution < -0.4 is 0 Å². The van der Waals surface area contributed by atoms with Crippen molar-refractivity contribution >= 4 is 0 Å². The Bertz CT molecular complexity index is 173. The second-order valence-electron chi connectivity index (χ2n) is 3.09. The average Bonchev–Trinajstić information content (AvgIpc) is 2.31. The molecule has 12 heavy (non-hydrogen) atoms. The van der Waals surface area contributed by atoms with E-state index in [1.54, 1.807) is 0 Å². The molecular weight excluding hydrogens is 164 g/mol. The third-order valence-electron chi connectivity index (χ3n) is 2.39. The Hall–Kier alpha value is -0.200. The molecule has 0 aliphatic carbocycles. The van der Waals surface area contributed by atoms with Crippen LogP contribution in [0.25, 0.3) is 0 Å². The monoisotopic (exact) mass is 176 g/mol. The minimum Gasteiger partial charge on any atom is -0.387 e. The number of aliphatic hydroxyl groups excluding tert-OH is 2. The van der Waals surface area contributed by atoms with Crippen molar-refractivity contribution in [2.75, 3.05) is 13.7 Å². The third-order valence-corrected chi connectivity index (χ3v) is 2.39. The van der Waals surface area contributed by atoms with Crippen molar-refractivity contribution in [3.8, 4) is 0 Å². The summed E-state index contributed by atoms with van der Waals surface area (Å²) in [7, 11) is 1.45. The summed E-state index contributed by atoms with van der Waals surface area (Å²) in [6.45, 7) is 0.326. The van der Waals surface area contributed by atoms with Gasteiger partial charge in [0.2, 0.25) is 0 Å². The van der Waals surface area contributed by atoms with Gasteiger partial charge in [0.05, 0.1) is 6.61 Å². The molecule has 0 aromatic rings. The Balaban J connectivity index is 2.12. The molecule has 2 aliphatic rings. The summed E-state index contributed by atoms with van der Waals surface area (Å²) < 4.78 is 15.1. The van der Waals surface area contributed by atoms with E-state index in [4.69, 9.17) is 14.2 Å². The van der Waals surface area contributed by atoms with Crippen LogP contribution in [0.2, 0.25) is 0 Å². The largest absolute Gasteiger partial charge is 0.387 e. The smallest absolute Gasteiger partial charge is 0.187 e. The lowest BCUT2D eigenvalue weighted by Crippen LogP contribution is -2.50. The summed E-state index contributed by atoms with van der Waals surface area (Å²) in [6, 6.07) is 0. The molecule has 70 valence electrons. The van der Waals surface area contributed by atoms with E-state index in [1.807, 2.05) is 0 Å². The van der Waals surface area contributed by atoms with Gasteiger partial charge < -0.3 is 24.4 Å². The van der Waals surface area contributed by atoms with Crippen LogP contribution in [0.4, 0.5) is 0 Å². The first-order valence-electron chi connectivity index (χ1n) is 3.90. The molecule has 2 fully saturated rings. The molecule has 0 spiro atoms. The molecule has 2 N–H and O–H groups in total. The van der Waals surface area contributed by atoms with Gasteiger partial charge in [0.25, 0.3) is 0 Å². The summed E-state index contributed by atoms with van der Waals surface area (Å²) in [4.78, 5) is 0. The molecule has 0 saturated carbocycles. The highest BCUT2D eigenvalue weighted by molar-refractivity contribution is 4.89. The predicted octanol–water partition coefficient (Wildman–Crippen LogP) is -1.32. The molecule has 2 rings (SSSR count). The maximum absolute atomic E-state index is 9.54. The predicted molar refractivity (Wildman–Crippen MR) is 37.1 cm³/mol. The molecule has 0 unspecified atom stereocenters. The van der Waals surface area contributed by atoms with E-state index in [2.05, 4.69) is 0 Å². The first-order chi connectivity index (χ1) is 5.74. The summed E-state index contributed by atoms with van der Waals surface area (Å²) in [5, 5.41) is 19.0. The lowest BCUT2D eigenvalue weighted by Gasteiger charge is -2.33. The first-order valence-corrected chi connectivity index (χ1v) is 3.90. The highest BCUT2D eigenvalue weighted by Crippen LogP contribution is 2.33. The van der Waals surface area contributed by atoms with Gasteiger partial charge in [0.1, 0.15) is 12.2 Å². The fourth-order valence-electron chi connectivity index (χ4n) is 1.63. The van der Waals surface area contributed by atoms with Gasteiger partial charge >= 0.3 is 0 Å². The Morgan fingerprint density at radius 3 is 2.75 bits per heavy atom. The molecule has 5 atom stereocenters. The van der Waals surface area contributed by atoms with E-state index in [9.17, 15) is 10.2 Å². The lowest BCUT2D eigenvalue weighted by molar-refractivity contribution is -0.291. The van der Waals surface area contributed by atoms with Crippen LogP contribution in [0.3, 0.4) is 0 Å². The molecule has 0 radical (unpaired) electrons. The van der Waals surface area contributed by atoms with Crippen molar-refractivity contribution in [2.24, 2.45) is 5.92 Å². The maximum Gasteiger partial charge on any atom is 0.187 e. The van der Waals surface area contributed by atoms with Crippen LogP contribution >= 0.6 is 0 Å². The molecular formula is C7H12O5. The van der Waals surface area contributed by atoms with Crippen molar-refractivity contribution in [2.45, 2.75) is 24.8 Å². The molecule has 0 amide bonds. The topological polar surface area (TPSA) is 68.2 Å². The van der Waals surface area contributed by atoms with Crippen LogP contribution in [0.15, 0.2) is 0 Å². The van der Waals surface area contributed by atoms with E-state index in [0.717, 1.165) is 0 Å². The van der Waals surface area contributed by atoms with Gasteiger partial charge in [-0.3, -0.25) is 0 Å². The van der Waals surface area contributed by atoms with Crippen LogP contribution in [-0.2, 0) is 14.2 Å². The highest BCUT2D eigenvalue weighted by atomic mass is 16.8. The number of hydrogen-bond acceptors (Lipinski definition) is 5. The third kappa shape index (κ3) is 1.06. The van der Waals surface area contributed by atoms with Gasteiger partial charge in [-0.25, -0.2) is 0 Å². The molecule has 5 heteroatoms. The maximum atomic E-state index is 9.54. The number of hydrogen-bond donors (Lipinski definition) is 2. The van der Waals surface area contributed by atoms with E-state index in [-0.39, 0.29) is 5.92 Å². The Morgan fingerprint density at radius 2 is 2.08 bits per heavy atom. The molecule has 0 aromatic heterocycles. The summed E-state index contributed by atoms with van der Waals surface area (Å²) in [6.07, 6.45) is -2.84. The van der Waals surface area contributed by atoms with E-state index in [0.29, 0.717) is 6.61 Å². The minimum atomic E-state index is -0.802. The fourth-order valence-corrected chi connectivity index (χ4v) is 1.63. The SMILES string of the molecule is CO[C@H]1O[C@@H]2OC[C@@H]([C@@H]2O)[C@H]1O. The molecule has 5 nitrogen and oxygen atoms in total. The van der Waals surface area contributed by atoms with Gasteiger partial charge in [0.15, 0.2) is 12.6 Å². The number of fused-ring (bicyclic) bond motifs is 2. The van der Waals surface area contributed by atoms with Crippen molar-refractivity contribution in [1.82, 2.24) is 0 Å². The van der Waals surface area contributed by atoms with Gasteiger partial charge in [-0.15, -0.1) is 0 Å². The zero-order valence-corrected chi connectivity index (χ0v) is 6.71. The van der Waals surface area contributed by atoms with Crippen molar-refractivity contribution in [3.63, 3.8) is 0 Å². The number of ether oxygens (including phenoxy) is 3. The van der Waals surface area contributed by atoms with E-state index < -0.39 is 24.8 Å². The number of methoxy groups -OCH3 is 1. The van der Waals surface area contributed by atoms with E-state index >= 15 is 0 Å². The van der Waals surface area contributed by atoms with Crippen LogP contribution in [0.1, 0.15) is 0 Å². The fraction of sp³-hybridized carbons (Fsp3) is 1.00. The zero-order valence-electron chi connectivity index (χ0n) is 6.71. The second kappa shape index (κ2) is 2.93. The Labute approximate surface area is 69.8 Å². The molecule has 2 bridgehead atoms. The van der Waals surface area contributed by atoms with Gasteiger partial charge in [-0.1, -0.05) is 0 Å². The van der Waals surface area contributed by atoms with Gasteiger partial charge in [-0.05, 0) is 0 Å². The number of rotatable bonds is 1. The van der Waals surface area contributed by atoms with Crippen molar-refractivity contribution < 1.29 is 24.4 Å². The Morgan fingerprint density at radius 1 is 1.33 bits per heavy atom. The van der Waals surface area contributed by atoms with Gasteiger partial charge in [0, 0.05) is 13.0 Å². The van der Waals surface area contributed by atoms with Crippen LogP contribution in [-0.4, -0.2) is 48.7 Å². The first kappa shape index (κ1) is 8.40. The summed E-state index contributed by atoms with van der Waals surface area (Å²) in [5.41, 5.74) is 0. The lowest BCUT2D eigenvalue weighted by atomic mass is 9.96. The molecule has 0 aromatic carbocycles. The molecule has 2 heterocycles. The Kier molecular flexibility index (Phi) is 2.05. The van der Waals surface area contributed by atoms with Crippen LogP contribution in [0, 0.1) is 5.92 Å². The average molecular weight is 176 g/mol. The summed E-state index contributed by atoms with van der Waals surface area (Å²) >= 11 is 0. The van der Waals surface area contributed by atoms with Crippen LogP contribution in [0.5, 0.6) is 0 Å². The molecule has 2 aliphatic heterocycles. The van der Waals surface area contributed by atoms with E-state index in [1.165, 1.54) is 7.11 Å². The molecule has 2 saturated heterocycles. The minimum absolute atomic E-state index is 0.284. The summed E-state index contributed by atoms with van der Waals surface area (Å²) in [5.74, 6) is -0.284. The quantitative estimate of drug-likeness (QED) is 0.519. The van der Waals surface area contributed by atoms with Crippen molar-refractivity contribution in [1.29, 1.82) is 0 Å². The highest BCUT2D eigenvalue weighted by Gasteiger charge is 2.50. The normalized spacial score (nSPS) is 52.8. The zero-order chi connectivity index (χ0) is 8.72. The standard InChI is InChI=1S/C7H12O5/c1-10-6-4(8)3-2-11-7(12-6)5(3)9/h3-9H,2H2,1H3/t3-,4-,5+,6+,7+/m1/s1.